The molecule has 2 N–H and O–H groups in total. The Morgan fingerprint density at radius 3 is 2.06 bits per heavy atom. The molecule has 16 heavy (non-hydrogen) atoms. The molecule has 0 radical (unpaired) electrons. The summed E-state index contributed by atoms with van der Waals surface area (Å²) >= 11 is 0. The molecule has 94 valence electrons. The molecule has 0 aromatic heterocycles. The summed E-state index contributed by atoms with van der Waals surface area (Å²) in [6.45, 7) is 2.42. The van der Waals surface area contributed by atoms with Crippen molar-refractivity contribution in [2.75, 3.05) is 26.2 Å². The van der Waals surface area contributed by atoms with E-state index in [0.29, 0.717) is 26.2 Å². The Labute approximate surface area is 97.8 Å². The highest BCUT2D eigenvalue weighted by Crippen LogP contribution is 2.19. The van der Waals surface area contributed by atoms with Crippen LogP contribution in [0, 0.1) is 0 Å². The largest absolute Gasteiger partial charge is 0.326 e. The summed E-state index contributed by atoms with van der Waals surface area (Å²) in [7, 11) is -3.23. The van der Waals surface area contributed by atoms with Gasteiger partial charge >= 0.3 is 0 Å². The van der Waals surface area contributed by atoms with Gasteiger partial charge in [-0.3, -0.25) is 0 Å². The van der Waals surface area contributed by atoms with E-state index in [0.717, 1.165) is 32.1 Å². The van der Waals surface area contributed by atoms with Crippen molar-refractivity contribution in [3.8, 4) is 0 Å². The van der Waals surface area contributed by atoms with Crippen LogP contribution in [0.25, 0.3) is 0 Å². The van der Waals surface area contributed by atoms with Crippen LogP contribution < -0.4 is 5.73 Å². The van der Waals surface area contributed by atoms with Gasteiger partial charge in [-0.05, 0) is 19.3 Å². The normalized spacial score (nSPS) is 30.4. The lowest BCUT2D eigenvalue weighted by atomic mass is 10.2. The maximum atomic E-state index is 12.3. The Balaban J connectivity index is 2.05. The molecular formula is C10H21N3O2S. The smallest absolute Gasteiger partial charge is 0.282 e. The van der Waals surface area contributed by atoms with Gasteiger partial charge in [0.2, 0.25) is 0 Å². The summed E-state index contributed by atoms with van der Waals surface area (Å²) in [4.78, 5) is 0. The van der Waals surface area contributed by atoms with Crippen molar-refractivity contribution in [3.63, 3.8) is 0 Å². The van der Waals surface area contributed by atoms with E-state index in [1.807, 2.05) is 0 Å². The zero-order valence-corrected chi connectivity index (χ0v) is 10.5. The van der Waals surface area contributed by atoms with Crippen molar-refractivity contribution in [1.29, 1.82) is 0 Å². The van der Waals surface area contributed by atoms with Crippen molar-refractivity contribution < 1.29 is 8.42 Å². The summed E-state index contributed by atoms with van der Waals surface area (Å²) in [6, 6.07) is 0.0155. The van der Waals surface area contributed by atoms with Crippen LogP contribution in [0.4, 0.5) is 0 Å². The van der Waals surface area contributed by atoms with Crippen LogP contribution in [0.2, 0.25) is 0 Å². The molecule has 2 rings (SSSR count). The Morgan fingerprint density at radius 1 is 0.938 bits per heavy atom. The van der Waals surface area contributed by atoms with E-state index in [9.17, 15) is 8.42 Å². The lowest BCUT2D eigenvalue weighted by Crippen LogP contribution is -2.44. The summed E-state index contributed by atoms with van der Waals surface area (Å²) in [5, 5.41) is 0. The van der Waals surface area contributed by atoms with Crippen molar-refractivity contribution in [1.82, 2.24) is 8.61 Å². The van der Waals surface area contributed by atoms with Gasteiger partial charge in [0, 0.05) is 32.2 Å². The summed E-state index contributed by atoms with van der Waals surface area (Å²) in [6.07, 6.45) is 5.04. The topological polar surface area (TPSA) is 66.6 Å². The summed E-state index contributed by atoms with van der Waals surface area (Å²) in [5.41, 5.74) is 5.76. The van der Waals surface area contributed by atoms with E-state index in [2.05, 4.69) is 0 Å². The van der Waals surface area contributed by atoms with Crippen LogP contribution in [0.5, 0.6) is 0 Å². The Morgan fingerprint density at radius 2 is 1.56 bits per heavy atom. The van der Waals surface area contributed by atoms with Crippen LogP contribution in [0.1, 0.15) is 32.1 Å². The lowest BCUT2D eigenvalue weighted by Gasteiger charge is -2.25. The average molecular weight is 247 g/mol. The lowest BCUT2D eigenvalue weighted by molar-refractivity contribution is 0.365. The van der Waals surface area contributed by atoms with E-state index < -0.39 is 10.2 Å². The van der Waals surface area contributed by atoms with E-state index in [1.54, 1.807) is 8.61 Å². The average Bonchev–Trinajstić information content (AvgIpc) is 2.54. The first-order valence-electron chi connectivity index (χ1n) is 6.11. The predicted octanol–water partition coefficient (Wildman–Crippen LogP) is 0.140. The molecule has 0 aromatic rings. The Hall–Kier alpha value is -0.170. The maximum absolute atomic E-state index is 12.3. The highest BCUT2D eigenvalue weighted by Gasteiger charge is 2.34. The number of hydrogen-bond donors (Lipinski definition) is 1. The monoisotopic (exact) mass is 247 g/mol. The van der Waals surface area contributed by atoms with E-state index in [1.165, 1.54) is 0 Å². The molecule has 0 aromatic carbocycles. The molecule has 1 unspecified atom stereocenters. The molecule has 2 fully saturated rings. The number of rotatable bonds is 2. The van der Waals surface area contributed by atoms with Crippen molar-refractivity contribution in [2.45, 2.75) is 38.1 Å². The quantitative estimate of drug-likeness (QED) is 0.755. The fourth-order valence-corrected chi connectivity index (χ4v) is 4.16. The third kappa shape index (κ3) is 2.56. The molecule has 6 heteroatoms. The minimum atomic E-state index is -3.23. The van der Waals surface area contributed by atoms with Gasteiger partial charge < -0.3 is 5.73 Å². The molecule has 2 aliphatic heterocycles. The van der Waals surface area contributed by atoms with Crippen molar-refractivity contribution >= 4 is 10.2 Å². The van der Waals surface area contributed by atoms with E-state index >= 15 is 0 Å². The standard InChI is InChI=1S/C10H21N3O2S/c11-10-5-8-13(9-10)16(14,15)12-6-3-1-2-4-7-12/h10H,1-9,11H2. The van der Waals surface area contributed by atoms with Gasteiger partial charge in [-0.2, -0.15) is 17.0 Å². The van der Waals surface area contributed by atoms with E-state index in [-0.39, 0.29) is 6.04 Å². The molecule has 5 nitrogen and oxygen atoms in total. The van der Waals surface area contributed by atoms with Crippen LogP contribution in [-0.2, 0) is 10.2 Å². The van der Waals surface area contributed by atoms with Crippen LogP contribution in [0.15, 0.2) is 0 Å². The molecule has 0 spiro atoms. The third-order valence-corrected chi connectivity index (χ3v) is 5.41. The van der Waals surface area contributed by atoms with Gasteiger partial charge in [-0.1, -0.05) is 12.8 Å². The first-order valence-corrected chi connectivity index (χ1v) is 7.51. The maximum Gasteiger partial charge on any atom is 0.282 e. The van der Waals surface area contributed by atoms with E-state index in [4.69, 9.17) is 5.73 Å². The second kappa shape index (κ2) is 5.00. The highest BCUT2D eigenvalue weighted by molar-refractivity contribution is 7.86. The van der Waals surface area contributed by atoms with Gasteiger partial charge in [0.25, 0.3) is 10.2 Å². The molecule has 2 heterocycles. The summed E-state index contributed by atoms with van der Waals surface area (Å²) < 4.78 is 27.7. The van der Waals surface area contributed by atoms with Crippen molar-refractivity contribution in [3.05, 3.63) is 0 Å². The minimum absolute atomic E-state index is 0.0155. The highest BCUT2D eigenvalue weighted by atomic mass is 32.2. The third-order valence-electron chi connectivity index (χ3n) is 3.41. The second-order valence-corrected chi connectivity index (χ2v) is 6.66. The molecule has 0 saturated carbocycles. The van der Waals surface area contributed by atoms with Gasteiger partial charge in [0.15, 0.2) is 0 Å². The van der Waals surface area contributed by atoms with Gasteiger partial charge in [0.1, 0.15) is 0 Å². The Bertz CT molecular complexity index is 323. The van der Waals surface area contributed by atoms with Crippen LogP contribution in [0.3, 0.4) is 0 Å². The Kier molecular flexibility index (Phi) is 3.84. The van der Waals surface area contributed by atoms with Crippen LogP contribution >= 0.6 is 0 Å². The molecule has 0 aliphatic carbocycles. The molecule has 2 aliphatic rings. The molecule has 1 atom stereocenters. The predicted molar refractivity (Wildman–Crippen MR) is 63.1 cm³/mol. The molecule has 0 amide bonds. The minimum Gasteiger partial charge on any atom is -0.326 e. The number of nitrogens with zero attached hydrogens (tertiary/aromatic N) is 2. The zero-order chi connectivity index (χ0) is 11.6. The zero-order valence-electron chi connectivity index (χ0n) is 9.64. The van der Waals surface area contributed by atoms with Gasteiger partial charge in [-0.25, -0.2) is 0 Å². The van der Waals surface area contributed by atoms with Gasteiger partial charge in [0.05, 0.1) is 0 Å². The first-order chi connectivity index (χ1) is 7.60. The second-order valence-electron chi connectivity index (χ2n) is 4.73. The molecule has 0 bridgehead atoms. The SMILES string of the molecule is NC1CCN(S(=O)(=O)N2CCCCCC2)C1. The molecule has 2 saturated heterocycles. The number of nitrogens with two attached hydrogens (primary N) is 1. The van der Waals surface area contributed by atoms with Gasteiger partial charge in [-0.15, -0.1) is 0 Å². The van der Waals surface area contributed by atoms with Crippen LogP contribution in [-0.4, -0.2) is 49.2 Å². The van der Waals surface area contributed by atoms with Crippen molar-refractivity contribution in [2.24, 2.45) is 5.73 Å². The molecular weight excluding hydrogens is 226 g/mol. The number of hydrogen-bond acceptors (Lipinski definition) is 3. The first kappa shape index (κ1) is 12.3. The fraction of sp³-hybridized carbons (Fsp3) is 1.00. The fourth-order valence-electron chi connectivity index (χ4n) is 2.40. The summed E-state index contributed by atoms with van der Waals surface area (Å²) in [5.74, 6) is 0.